The lowest BCUT2D eigenvalue weighted by Crippen LogP contribution is -2.14. The van der Waals surface area contributed by atoms with E-state index in [1.165, 1.54) is 38.9 Å². The molecular weight excluding hydrogens is 276 g/mol. The van der Waals surface area contributed by atoms with E-state index in [0.29, 0.717) is 17.1 Å². The molecule has 0 N–H and O–H groups in total. The molecule has 1 aromatic carbocycles. The second kappa shape index (κ2) is 6.60. The van der Waals surface area contributed by atoms with E-state index in [1.54, 1.807) is 12.1 Å². The van der Waals surface area contributed by atoms with Crippen molar-refractivity contribution in [2.75, 3.05) is 20.8 Å². The van der Waals surface area contributed by atoms with Crippen LogP contribution >= 0.6 is 0 Å². The summed E-state index contributed by atoms with van der Waals surface area (Å²) in [6.45, 7) is -0.362. The topological polar surface area (TPSA) is 75.0 Å². The Bertz CT molecular complexity index is 630. The van der Waals surface area contributed by atoms with Crippen molar-refractivity contribution in [2.45, 2.75) is 0 Å². The zero-order valence-corrected chi connectivity index (χ0v) is 11.6. The average molecular weight is 290 g/mol. The fraction of sp³-hybridized carbons (Fsp3) is 0.200. The van der Waals surface area contributed by atoms with Gasteiger partial charge in [-0.2, -0.15) is 0 Å². The van der Waals surface area contributed by atoms with Crippen LogP contribution in [0.1, 0.15) is 20.7 Å². The van der Waals surface area contributed by atoms with Gasteiger partial charge in [-0.3, -0.25) is 4.79 Å². The number of Topliss-reactive ketones (excluding diaryl/α,β-unsaturated/α-hetero) is 1. The third-order valence-corrected chi connectivity index (χ3v) is 2.80. The first-order valence-electron chi connectivity index (χ1n) is 6.10. The maximum Gasteiger partial charge on any atom is 0.341 e. The first-order chi connectivity index (χ1) is 10.2. The Morgan fingerprint density at radius 3 is 2.43 bits per heavy atom. The number of ketones is 1. The smallest absolute Gasteiger partial charge is 0.341 e. The lowest BCUT2D eigenvalue weighted by Gasteiger charge is -2.09. The Kier molecular flexibility index (Phi) is 4.61. The molecule has 0 aliphatic carbocycles. The lowest BCUT2D eigenvalue weighted by molar-refractivity contribution is 0.0474. The van der Waals surface area contributed by atoms with Crippen LogP contribution in [0.3, 0.4) is 0 Å². The first kappa shape index (κ1) is 14.6. The highest BCUT2D eigenvalue weighted by Crippen LogP contribution is 2.27. The summed E-state index contributed by atoms with van der Waals surface area (Å²) in [4.78, 5) is 23.6. The second-order valence-electron chi connectivity index (χ2n) is 4.08. The standard InChI is InChI=1S/C15H14O6/c1-18-13-4-3-10(7-14(13)19-2)12(16)9-21-15(17)11-5-6-20-8-11/h3-8H,9H2,1-2H3. The molecule has 2 rings (SSSR count). The second-order valence-corrected chi connectivity index (χ2v) is 4.08. The van der Waals surface area contributed by atoms with E-state index in [-0.39, 0.29) is 18.0 Å². The fourth-order valence-corrected chi connectivity index (χ4v) is 1.69. The Morgan fingerprint density at radius 2 is 1.81 bits per heavy atom. The molecule has 0 amide bonds. The summed E-state index contributed by atoms with van der Waals surface area (Å²) >= 11 is 0. The van der Waals surface area contributed by atoms with Crippen molar-refractivity contribution < 1.29 is 28.2 Å². The number of carbonyl (C=O) groups is 2. The van der Waals surface area contributed by atoms with Gasteiger partial charge in [0.15, 0.2) is 23.9 Å². The van der Waals surface area contributed by atoms with Crippen LogP contribution in [0, 0.1) is 0 Å². The van der Waals surface area contributed by atoms with E-state index in [1.807, 2.05) is 0 Å². The molecule has 110 valence electrons. The Balaban J connectivity index is 2.02. The molecule has 0 fully saturated rings. The molecule has 0 saturated carbocycles. The normalized spacial score (nSPS) is 10.0. The molecular formula is C15H14O6. The van der Waals surface area contributed by atoms with Crippen LogP contribution in [0.25, 0.3) is 0 Å². The average Bonchev–Trinajstić information content (AvgIpc) is 3.06. The van der Waals surface area contributed by atoms with Crippen LogP contribution < -0.4 is 9.47 Å². The number of rotatable bonds is 6. The number of ether oxygens (including phenoxy) is 3. The number of esters is 1. The molecule has 0 spiro atoms. The van der Waals surface area contributed by atoms with Gasteiger partial charge in [0.05, 0.1) is 26.0 Å². The van der Waals surface area contributed by atoms with Gasteiger partial charge in [0.1, 0.15) is 6.26 Å². The maximum atomic E-state index is 12.0. The minimum atomic E-state index is -0.613. The van der Waals surface area contributed by atoms with Crippen LogP contribution in [-0.4, -0.2) is 32.6 Å². The number of hydrogen-bond acceptors (Lipinski definition) is 6. The highest BCUT2D eigenvalue weighted by atomic mass is 16.5. The van der Waals surface area contributed by atoms with Crippen LogP contribution in [0.15, 0.2) is 41.2 Å². The number of carbonyl (C=O) groups excluding carboxylic acids is 2. The molecule has 0 atom stereocenters. The fourth-order valence-electron chi connectivity index (χ4n) is 1.69. The molecule has 0 aliphatic rings. The summed E-state index contributed by atoms with van der Waals surface area (Å²) in [6, 6.07) is 6.19. The highest BCUT2D eigenvalue weighted by Gasteiger charge is 2.14. The van der Waals surface area contributed by atoms with E-state index in [0.717, 1.165) is 0 Å². The number of benzene rings is 1. The minimum absolute atomic E-state index is 0.259. The van der Waals surface area contributed by atoms with Crippen molar-refractivity contribution in [3.05, 3.63) is 47.9 Å². The molecule has 6 nitrogen and oxygen atoms in total. The summed E-state index contributed by atoms with van der Waals surface area (Å²) in [5, 5.41) is 0. The predicted octanol–water partition coefficient (Wildman–Crippen LogP) is 2.34. The molecule has 21 heavy (non-hydrogen) atoms. The third kappa shape index (κ3) is 3.42. The maximum absolute atomic E-state index is 12.0. The van der Waals surface area contributed by atoms with Gasteiger partial charge >= 0.3 is 5.97 Å². The van der Waals surface area contributed by atoms with Crippen molar-refractivity contribution in [3.63, 3.8) is 0 Å². The van der Waals surface area contributed by atoms with Gasteiger partial charge in [0.25, 0.3) is 0 Å². The summed E-state index contributed by atoms with van der Waals surface area (Å²) in [5.74, 6) is -0.000623. The zero-order valence-electron chi connectivity index (χ0n) is 11.6. The van der Waals surface area contributed by atoms with Gasteiger partial charge in [-0.25, -0.2) is 4.79 Å². The Morgan fingerprint density at radius 1 is 1.05 bits per heavy atom. The Labute approximate surface area is 121 Å². The van der Waals surface area contributed by atoms with E-state index < -0.39 is 5.97 Å². The number of hydrogen-bond donors (Lipinski definition) is 0. The molecule has 0 unspecified atom stereocenters. The van der Waals surface area contributed by atoms with Crippen LogP contribution in [0.5, 0.6) is 11.5 Å². The quantitative estimate of drug-likeness (QED) is 0.600. The molecule has 1 aromatic heterocycles. The SMILES string of the molecule is COc1ccc(C(=O)COC(=O)c2ccoc2)cc1OC. The van der Waals surface area contributed by atoms with E-state index in [9.17, 15) is 9.59 Å². The zero-order chi connectivity index (χ0) is 15.2. The molecule has 0 radical (unpaired) electrons. The molecule has 0 bridgehead atoms. The third-order valence-electron chi connectivity index (χ3n) is 2.80. The van der Waals surface area contributed by atoms with E-state index in [2.05, 4.69) is 0 Å². The largest absolute Gasteiger partial charge is 0.493 e. The van der Waals surface area contributed by atoms with Crippen molar-refractivity contribution in [1.82, 2.24) is 0 Å². The summed E-state index contributed by atoms with van der Waals surface area (Å²) < 4.78 is 19.9. The van der Waals surface area contributed by atoms with Gasteiger partial charge in [-0.05, 0) is 24.3 Å². The van der Waals surface area contributed by atoms with Gasteiger partial charge in [0.2, 0.25) is 0 Å². The van der Waals surface area contributed by atoms with E-state index in [4.69, 9.17) is 18.6 Å². The molecule has 2 aromatic rings. The molecule has 1 heterocycles. The van der Waals surface area contributed by atoms with Crippen molar-refractivity contribution >= 4 is 11.8 Å². The Hall–Kier alpha value is -2.76. The highest BCUT2D eigenvalue weighted by molar-refractivity contribution is 5.99. The van der Waals surface area contributed by atoms with Crippen LogP contribution in [0.2, 0.25) is 0 Å². The number of furan rings is 1. The lowest BCUT2D eigenvalue weighted by atomic mass is 10.1. The van der Waals surface area contributed by atoms with E-state index >= 15 is 0 Å². The van der Waals surface area contributed by atoms with Crippen molar-refractivity contribution in [2.24, 2.45) is 0 Å². The van der Waals surface area contributed by atoms with Gasteiger partial charge in [-0.1, -0.05) is 0 Å². The molecule has 6 heteroatoms. The van der Waals surface area contributed by atoms with Crippen LogP contribution in [-0.2, 0) is 4.74 Å². The van der Waals surface area contributed by atoms with Crippen molar-refractivity contribution in [1.29, 1.82) is 0 Å². The van der Waals surface area contributed by atoms with Crippen LogP contribution in [0.4, 0.5) is 0 Å². The van der Waals surface area contributed by atoms with Crippen molar-refractivity contribution in [3.8, 4) is 11.5 Å². The first-order valence-corrected chi connectivity index (χ1v) is 6.10. The minimum Gasteiger partial charge on any atom is -0.493 e. The molecule has 0 aliphatic heterocycles. The predicted molar refractivity (Wildman–Crippen MR) is 72.9 cm³/mol. The summed E-state index contributed by atoms with van der Waals surface area (Å²) in [5.41, 5.74) is 0.628. The monoisotopic (exact) mass is 290 g/mol. The summed E-state index contributed by atoms with van der Waals surface area (Å²) in [7, 11) is 2.98. The van der Waals surface area contributed by atoms with Gasteiger partial charge < -0.3 is 18.6 Å². The number of methoxy groups -OCH3 is 2. The molecule has 0 saturated heterocycles. The summed E-state index contributed by atoms with van der Waals surface area (Å²) in [6.07, 6.45) is 2.61. The van der Waals surface area contributed by atoms with Gasteiger partial charge in [0, 0.05) is 5.56 Å². The van der Waals surface area contributed by atoms with Gasteiger partial charge in [-0.15, -0.1) is 0 Å².